The Balaban J connectivity index is 2.08. The molecule has 0 aromatic carbocycles. The Kier molecular flexibility index (Phi) is 5.48. The van der Waals surface area contributed by atoms with E-state index in [4.69, 9.17) is 5.73 Å². The first-order valence-corrected chi connectivity index (χ1v) is 9.68. The van der Waals surface area contributed by atoms with E-state index < -0.39 is 9.84 Å². The Hall–Kier alpha value is -0.570. The number of nitrogens with two attached hydrogens (primary N) is 1. The van der Waals surface area contributed by atoms with Crippen molar-refractivity contribution in [3.63, 3.8) is 0 Å². The third kappa shape index (κ3) is 3.75. The lowest BCUT2D eigenvalue weighted by molar-refractivity contribution is 0.259. The van der Waals surface area contributed by atoms with Crippen LogP contribution in [0.1, 0.15) is 12.6 Å². The van der Waals surface area contributed by atoms with Crippen molar-refractivity contribution in [1.29, 1.82) is 0 Å². The SMILES string of the molecule is CCS(=O)(=O)C1CSCCN1Cc1cn(CCN)cn1. The highest BCUT2D eigenvalue weighted by atomic mass is 32.2. The maximum Gasteiger partial charge on any atom is 0.166 e. The molecule has 0 amide bonds. The molecule has 1 unspecified atom stereocenters. The molecule has 0 bridgehead atoms. The van der Waals surface area contributed by atoms with E-state index in [0.717, 1.165) is 24.5 Å². The van der Waals surface area contributed by atoms with E-state index in [1.54, 1.807) is 25.0 Å². The fraction of sp³-hybridized carbons (Fsp3) is 0.750. The number of hydrogen-bond donors (Lipinski definition) is 1. The highest BCUT2D eigenvalue weighted by Gasteiger charge is 2.32. The molecule has 20 heavy (non-hydrogen) atoms. The number of imidazole rings is 1. The quantitative estimate of drug-likeness (QED) is 0.804. The molecule has 2 rings (SSSR count). The maximum absolute atomic E-state index is 12.2. The second-order valence-corrected chi connectivity index (χ2v) is 8.44. The summed E-state index contributed by atoms with van der Waals surface area (Å²) in [5.74, 6) is 1.81. The highest BCUT2D eigenvalue weighted by Crippen LogP contribution is 2.22. The van der Waals surface area contributed by atoms with Gasteiger partial charge in [0, 0.05) is 49.6 Å². The summed E-state index contributed by atoms with van der Waals surface area (Å²) in [6, 6.07) is 0. The molecule has 8 heteroatoms. The van der Waals surface area contributed by atoms with Crippen molar-refractivity contribution in [2.75, 3.05) is 30.3 Å². The topological polar surface area (TPSA) is 81.2 Å². The monoisotopic (exact) mass is 318 g/mol. The van der Waals surface area contributed by atoms with E-state index in [9.17, 15) is 8.42 Å². The average molecular weight is 318 g/mol. The average Bonchev–Trinajstić information content (AvgIpc) is 2.87. The van der Waals surface area contributed by atoms with Gasteiger partial charge in [0.2, 0.25) is 0 Å². The summed E-state index contributed by atoms with van der Waals surface area (Å²) < 4.78 is 26.3. The Labute approximate surface area is 124 Å². The molecule has 1 atom stereocenters. The first-order valence-electron chi connectivity index (χ1n) is 6.81. The highest BCUT2D eigenvalue weighted by molar-refractivity contribution is 8.01. The van der Waals surface area contributed by atoms with Crippen molar-refractivity contribution < 1.29 is 8.42 Å². The lowest BCUT2D eigenvalue weighted by Crippen LogP contribution is -2.47. The zero-order valence-corrected chi connectivity index (χ0v) is 13.4. The van der Waals surface area contributed by atoms with Crippen LogP contribution in [0.4, 0.5) is 0 Å². The van der Waals surface area contributed by atoms with Gasteiger partial charge in [-0.2, -0.15) is 11.8 Å². The fourth-order valence-electron chi connectivity index (χ4n) is 2.29. The zero-order chi connectivity index (χ0) is 14.6. The van der Waals surface area contributed by atoms with Crippen molar-refractivity contribution in [2.24, 2.45) is 5.73 Å². The molecule has 0 aliphatic carbocycles. The van der Waals surface area contributed by atoms with Crippen LogP contribution in [0.3, 0.4) is 0 Å². The molecule has 2 heterocycles. The lowest BCUT2D eigenvalue weighted by Gasteiger charge is -2.34. The molecule has 1 fully saturated rings. The summed E-state index contributed by atoms with van der Waals surface area (Å²) in [5, 5.41) is -0.383. The molecule has 0 spiro atoms. The number of hydrogen-bond acceptors (Lipinski definition) is 6. The zero-order valence-electron chi connectivity index (χ0n) is 11.7. The van der Waals surface area contributed by atoms with Gasteiger partial charge in [-0.3, -0.25) is 4.90 Å². The van der Waals surface area contributed by atoms with Gasteiger partial charge < -0.3 is 10.3 Å². The van der Waals surface area contributed by atoms with Crippen molar-refractivity contribution in [1.82, 2.24) is 14.5 Å². The van der Waals surface area contributed by atoms with Crippen LogP contribution in [0.5, 0.6) is 0 Å². The largest absolute Gasteiger partial charge is 0.336 e. The van der Waals surface area contributed by atoms with Crippen LogP contribution in [0, 0.1) is 0 Å². The molecular weight excluding hydrogens is 296 g/mol. The molecule has 1 aromatic rings. The first kappa shape index (κ1) is 15.8. The van der Waals surface area contributed by atoms with Crippen molar-refractivity contribution in [3.05, 3.63) is 18.2 Å². The molecule has 0 radical (unpaired) electrons. The van der Waals surface area contributed by atoms with E-state index in [2.05, 4.69) is 4.98 Å². The summed E-state index contributed by atoms with van der Waals surface area (Å²) in [5.41, 5.74) is 6.41. The number of thioether (sulfide) groups is 1. The van der Waals surface area contributed by atoms with E-state index >= 15 is 0 Å². The van der Waals surface area contributed by atoms with Crippen LogP contribution in [-0.2, 0) is 22.9 Å². The summed E-state index contributed by atoms with van der Waals surface area (Å²) in [7, 11) is -3.04. The maximum atomic E-state index is 12.2. The van der Waals surface area contributed by atoms with Gasteiger partial charge in [0.15, 0.2) is 9.84 Å². The van der Waals surface area contributed by atoms with E-state index in [0.29, 0.717) is 18.8 Å². The van der Waals surface area contributed by atoms with Crippen LogP contribution < -0.4 is 5.73 Å². The molecular formula is C12H22N4O2S2. The van der Waals surface area contributed by atoms with Gasteiger partial charge in [0.25, 0.3) is 0 Å². The van der Waals surface area contributed by atoms with Gasteiger partial charge in [-0.05, 0) is 0 Å². The van der Waals surface area contributed by atoms with Gasteiger partial charge in [-0.1, -0.05) is 6.92 Å². The molecule has 6 nitrogen and oxygen atoms in total. The van der Waals surface area contributed by atoms with Gasteiger partial charge >= 0.3 is 0 Å². The summed E-state index contributed by atoms with van der Waals surface area (Å²) in [4.78, 5) is 6.37. The summed E-state index contributed by atoms with van der Waals surface area (Å²) in [6.07, 6.45) is 3.70. The third-order valence-electron chi connectivity index (χ3n) is 3.45. The van der Waals surface area contributed by atoms with Gasteiger partial charge in [-0.15, -0.1) is 0 Å². The summed E-state index contributed by atoms with van der Waals surface area (Å²) >= 11 is 1.71. The standard InChI is InChI=1S/C12H22N4O2S2/c1-2-20(17,18)12-9-19-6-5-16(12)8-11-7-15(4-3-13)10-14-11/h7,10,12H,2-6,8-9,13H2,1H3. The Morgan fingerprint density at radius 1 is 1.55 bits per heavy atom. The normalized spacial score (nSPS) is 21.2. The van der Waals surface area contributed by atoms with Gasteiger partial charge in [-0.25, -0.2) is 13.4 Å². The van der Waals surface area contributed by atoms with E-state index in [-0.39, 0.29) is 11.1 Å². The first-order chi connectivity index (χ1) is 9.56. The fourth-order valence-corrected chi connectivity index (χ4v) is 5.37. The van der Waals surface area contributed by atoms with Crippen LogP contribution in [0.25, 0.3) is 0 Å². The predicted molar refractivity (Wildman–Crippen MR) is 82.3 cm³/mol. The van der Waals surface area contributed by atoms with E-state index in [1.807, 2.05) is 15.7 Å². The second kappa shape index (κ2) is 6.93. The van der Waals surface area contributed by atoms with Gasteiger partial charge in [0.05, 0.1) is 12.0 Å². The van der Waals surface area contributed by atoms with Crippen LogP contribution in [0.2, 0.25) is 0 Å². The Morgan fingerprint density at radius 3 is 3.05 bits per heavy atom. The van der Waals surface area contributed by atoms with Gasteiger partial charge in [0.1, 0.15) is 5.37 Å². The number of nitrogens with zero attached hydrogens (tertiary/aromatic N) is 3. The lowest BCUT2D eigenvalue weighted by atomic mass is 10.4. The Bertz CT molecular complexity index is 529. The van der Waals surface area contributed by atoms with Crippen LogP contribution >= 0.6 is 11.8 Å². The number of sulfone groups is 1. The minimum atomic E-state index is -3.04. The van der Waals surface area contributed by atoms with Crippen molar-refractivity contribution >= 4 is 21.6 Å². The smallest absolute Gasteiger partial charge is 0.166 e. The predicted octanol–water partition coefficient (Wildman–Crippen LogP) is 0.151. The molecule has 1 aromatic heterocycles. The molecule has 1 saturated heterocycles. The number of aromatic nitrogens is 2. The minimum absolute atomic E-state index is 0.191. The van der Waals surface area contributed by atoms with Crippen LogP contribution in [0.15, 0.2) is 12.5 Å². The van der Waals surface area contributed by atoms with Crippen LogP contribution in [-0.4, -0.2) is 58.6 Å². The van der Waals surface area contributed by atoms with Crippen molar-refractivity contribution in [2.45, 2.75) is 25.4 Å². The van der Waals surface area contributed by atoms with E-state index in [1.165, 1.54) is 0 Å². The number of rotatable bonds is 6. The third-order valence-corrected chi connectivity index (χ3v) is 6.78. The molecule has 0 saturated carbocycles. The second-order valence-electron chi connectivity index (χ2n) is 4.84. The molecule has 1 aliphatic rings. The molecule has 2 N–H and O–H groups in total. The van der Waals surface area contributed by atoms with Crippen molar-refractivity contribution in [3.8, 4) is 0 Å². The molecule has 1 aliphatic heterocycles. The Morgan fingerprint density at radius 2 is 2.35 bits per heavy atom. The summed E-state index contributed by atoms with van der Waals surface area (Å²) in [6.45, 7) is 4.39. The molecule has 114 valence electrons. The minimum Gasteiger partial charge on any atom is -0.336 e.